The maximum atomic E-state index is 12.3. The molecule has 0 amide bonds. The molecule has 2 N–H and O–H groups in total. The first-order valence-electron chi connectivity index (χ1n) is 6.77. The molecule has 20 heavy (non-hydrogen) atoms. The van der Waals surface area contributed by atoms with Crippen molar-refractivity contribution in [3.8, 4) is 0 Å². The van der Waals surface area contributed by atoms with Gasteiger partial charge in [0.1, 0.15) is 0 Å². The zero-order chi connectivity index (χ0) is 14.1. The SMILES string of the molecule is C=C(CNC1CC1)Cn1[nH]c(=O)c2ccccc2c1=O. The summed E-state index contributed by atoms with van der Waals surface area (Å²) >= 11 is 0. The topological polar surface area (TPSA) is 66.9 Å². The van der Waals surface area contributed by atoms with E-state index in [9.17, 15) is 9.59 Å². The van der Waals surface area contributed by atoms with Crippen LogP contribution in [0.25, 0.3) is 10.8 Å². The minimum absolute atomic E-state index is 0.187. The molecule has 1 aliphatic carbocycles. The number of H-pyrrole nitrogens is 1. The molecular weight excluding hydrogens is 254 g/mol. The van der Waals surface area contributed by atoms with Crippen LogP contribution in [-0.4, -0.2) is 22.4 Å². The summed E-state index contributed by atoms with van der Waals surface area (Å²) in [5, 5.41) is 6.82. The van der Waals surface area contributed by atoms with E-state index in [-0.39, 0.29) is 11.1 Å². The molecule has 1 fully saturated rings. The lowest BCUT2D eigenvalue weighted by Crippen LogP contribution is -2.32. The Morgan fingerprint density at radius 3 is 2.70 bits per heavy atom. The molecule has 1 saturated carbocycles. The number of rotatable bonds is 5. The van der Waals surface area contributed by atoms with Gasteiger partial charge in [-0.25, -0.2) is 4.68 Å². The smallest absolute Gasteiger partial charge is 0.273 e. The van der Waals surface area contributed by atoms with E-state index < -0.39 is 0 Å². The summed E-state index contributed by atoms with van der Waals surface area (Å²) in [6.45, 7) is 4.96. The Balaban J connectivity index is 1.87. The van der Waals surface area contributed by atoms with Crippen molar-refractivity contribution in [3.63, 3.8) is 0 Å². The standard InChI is InChI=1S/C15H17N3O2/c1-10(8-16-11-6-7-11)9-18-15(20)13-5-3-2-4-12(13)14(19)17-18/h2-5,11,16H,1,6-9H2,(H,17,19). The molecule has 0 saturated heterocycles. The van der Waals surface area contributed by atoms with Gasteiger partial charge in [-0.05, 0) is 30.5 Å². The largest absolute Gasteiger partial charge is 0.310 e. The van der Waals surface area contributed by atoms with Crippen molar-refractivity contribution < 1.29 is 0 Å². The fourth-order valence-corrected chi connectivity index (χ4v) is 2.21. The highest BCUT2D eigenvalue weighted by Crippen LogP contribution is 2.18. The van der Waals surface area contributed by atoms with Crippen LogP contribution in [0.5, 0.6) is 0 Å². The lowest BCUT2D eigenvalue weighted by molar-refractivity contribution is 0.603. The molecule has 0 radical (unpaired) electrons. The maximum Gasteiger partial charge on any atom is 0.273 e. The molecule has 5 heteroatoms. The number of nitrogens with zero attached hydrogens (tertiary/aromatic N) is 1. The number of benzene rings is 1. The van der Waals surface area contributed by atoms with Crippen molar-refractivity contribution in [2.45, 2.75) is 25.4 Å². The Kier molecular flexibility index (Phi) is 3.28. The minimum atomic E-state index is -0.247. The van der Waals surface area contributed by atoms with Crippen LogP contribution >= 0.6 is 0 Å². The summed E-state index contributed by atoms with van der Waals surface area (Å²) in [7, 11) is 0. The molecule has 1 heterocycles. The quantitative estimate of drug-likeness (QED) is 0.797. The first-order chi connectivity index (χ1) is 9.65. The van der Waals surface area contributed by atoms with Crippen molar-refractivity contribution >= 4 is 10.8 Å². The summed E-state index contributed by atoms with van der Waals surface area (Å²) in [5.41, 5.74) is 0.445. The molecule has 1 aromatic carbocycles. The van der Waals surface area contributed by atoms with Crippen LogP contribution in [0.1, 0.15) is 12.8 Å². The molecule has 0 spiro atoms. The highest BCUT2D eigenvalue weighted by atomic mass is 16.2. The Morgan fingerprint density at radius 2 is 2.00 bits per heavy atom. The first kappa shape index (κ1) is 12.9. The molecule has 2 aromatic rings. The van der Waals surface area contributed by atoms with Gasteiger partial charge in [0.15, 0.2) is 0 Å². The second-order valence-corrected chi connectivity index (χ2v) is 5.28. The Bertz CT molecular complexity index is 769. The number of fused-ring (bicyclic) bond motifs is 1. The molecule has 5 nitrogen and oxygen atoms in total. The maximum absolute atomic E-state index is 12.3. The normalized spacial score (nSPS) is 14.6. The number of hydrogen-bond donors (Lipinski definition) is 2. The van der Waals surface area contributed by atoms with E-state index in [0.717, 1.165) is 5.57 Å². The van der Waals surface area contributed by atoms with Crippen molar-refractivity contribution in [1.29, 1.82) is 0 Å². The third-order valence-corrected chi connectivity index (χ3v) is 3.48. The summed E-state index contributed by atoms with van der Waals surface area (Å²) in [5.74, 6) is 0. The van der Waals surface area contributed by atoms with Gasteiger partial charge in [0.25, 0.3) is 11.1 Å². The highest BCUT2D eigenvalue weighted by molar-refractivity contribution is 5.80. The van der Waals surface area contributed by atoms with E-state index in [1.807, 2.05) is 0 Å². The van der Waals surface area contributed by atoms with E-state index in [1.165, 1.54) is 17.5 Å². The van der Waals surface area contributed by atoms with Crippen molar-refractivity contribution in [2.75, 3.05) is 6.54 Å². The van der Waals surface area contributed by atoms with Crippen LogP contribution in [0.3, 0.4) is 0 Å². The summed E-state index contributed by atoms with van der Waals surface area (Å²) < 4.78 is 1.33. The third kappa shape index (κ3) is 2.58. The van der Waals surface area contributed by atoms with Gasteiger partial charge in [0, 0.05) is 12.6 Å². The van der Waals surface area contributed by atoms with E-state index in [0.29, 0.717) is 29.9 Å². The average molecular weight is 271 g/mol. The van der Waals surface area contributed by atoms with Gasteiger partial charge in [-0.1, -0.05) is 18.7 Å². The van der Waals surface area contributed by atoms with Crippen LogP contribution in [-0.2, 0) is 6.54 Å². The van der Waals surface area contributed by atoms with Gasteiger partial charge in [-0.15, -0.1) is 0 Å². The number of aromatic amines is 1. The average Bonchev–Trinajstić information content (AvgIpc) is 3.26. The fraction of sp³-hybridized carbons (Fsp3) is 0.333. The number of aromatic nitrogens is 2. The lowest BCUT2D eigenvalue weighted by Gasteiger charge is -2.10. The van der Waals surface area contributed by atoms with Gasteiger partial charge in [0.2, 0.25) is 0 Å². The molecule has 0 bridgehead atoms. The molecule has 0 unspecified atom stereocenters. The van der Waals surface area contributed by atoms with Crippen molar-refractivity contribution in [3.05, 3.63) is 57.1 Å². The van der Waals surface area contributed by atoms with Gasteiger partial charge >= 0.3 is 0 Å². The van der Waals surface area contributed by atoms with Gasteiger partial charge in [0.05, 0.1) is 17.3 Å². The predicted octanol–water partition coefficient (Wildman–Crippen LogP) is 0.998. The number of nitrogens with one attached hydrogen (secondary N) is 2. The van der Waals surface area contributed by atoms with E-state index in [2.05, 4.69) is 17.0 Å². The van der Waals surface area contributed by atoms with Gasteiger partial charge in [-0.2, -0.15) is 0 Å². The monoisotopic (exact) mass is 271 g/mol. The Morgan fingerprint density at radius 1 is 1.30 bits per heavy atom. The Hall–Kier alpha value is -2.14. The molecule has 0 atom stereocenters. The molecule has 0 aliphatic heterocycles. The molecular formula is C15H17N3O2. The summed E-state index contributed by atoms with van der Waals surface area (Å²) in [4.78, 5) is 24.2. The van der Waals surface area contributed by atoms with E-state index in [1.54, 1.807) is 24.3 Å². The lowest BCUT2D eigenvalue weighted by atomic mass is 10.2. The van der Waals surface area contributed by atoms with Gasteiger partial charge < -0.3 is 5.32 Å². The minimum Gasteiger partial charge on any atom is -0.310 e. The second kappa shape index (κ2) is 5.09. The van der Waals surface area contributed by atoms with Crippen LogP contribution in [0.15, 0.2) is 46.0 Å². The molecule has 1 aliphatic rings. The molecule has 104 valence electrons. The van der Waals surface area contributed by atoms with Crippen LogP contribution in [0.2, 0.25) is 0 Å². The van der Waals surface area contributed by atoms with Gasteiger partial charge in [-0.3, -0.25) is 14.7 Å². The highest BCUT2D eigenvalue weighted by Gasteiger charge is 2.20. The Labute approximate surface area is 115 Å². The number of hydrogen-bond acceptors (Lipinski definition) is 3. The first-order valence-corrected chi connectivity index (χ1v) is 6.77. The summed E-state index contributed by atoms with van der Waals surface area (Å²) in [6, 6.07) is 7.44. The van der Waals surface area contributed by atoms with Crippen molar-refractivity contribution in [1.82, 2.24) is 15.1 Å². The zero-order valence-corrected chi connectivity index (χ0v) is 11.2. The molecule has 1 aromatic heterocycles. The zero-order valence-electron chi connectivity index (χ0n) is 11.2. The van der Waals surface area contributed by atoms with Crippen LogP contribution in [0.4, 0.5) is 0 Å². The third-order valence-electron chi connectivity index (χ3n) is 3.48. The second-order valence-electron chi connectivity index (χ2n) is 5.28. The van der Waals surface area contributed by atoms with Crippen LogP contribution in [0, 0.1) is 0 Å². The summed E-state index contributed by atoms with van der Waals surface area (Å²) in [6.07, 6.45) is 2.42. The fourth-order valence-electron chi connectivity index (χ4n) is 2.21. The van der Waals surface area contributed by atoms with Crippen molar-refractivity contribution in [2.24, 2.45) is 0 Å². The van der Waals surface area contributed by atoms with E-state index >= 15 is 0 Å². The van der Waals surface area contributed by atoms with E-state index in [4.69, 9.17) is 0 Å². The van der Waals surface area contributed by atoms with Crippen LogP contribution < -0.4 is 16.4 Å². The predicted molar refractivity (Wildman–Crippen MR) is 79.0 cm³/mol. The molecule has 3 rings (SSSR count).